The van der Waals surface area contributed by atoms with Crippen LogP contribution in [0.25, 0.3) is 0 Å². The van der Waals surface area contributed by atoms with Crippen LogP contribution in [0.4, 0.5) is 5.82 Å². The van der Waals surface area contributed by atoms with Gasteiger partial charge in [0.25, 0.3) is 0 Å². The summed E-state index contributed by atoms with van der Waals surface area (Å²) in [5.74, 6) is 3.67. The Hall–Kier alpha value is -1.34. The number of rotatable bonds is 6. The number of piperazine rings is 1. The van der Waals surface area contributed by atoms with E-state index in [1.165, 1.54) is 37.6 Å². The third kappa shape index (κ3) is 4.98. The van der Waals surface area contributed by atoms with E-state index in [2.05, 4.69) is 14.8 Å². The topological polar surface area (TPSA) is 62.7 Å². The molecule has 0 spiro atoms. The molecular weight excluding hydrogens is 374 g/mol. The summed E-state index contributed by atoms with van der Waals surface area (Å²) in [7, 11) is -2.83. The first kappa shape index (κ1) is 20.0. The number of sulfone groups is 1. The van der Waals surface area contributed by atoms with E-state index >= 15 is 0 Å². The van der Waals surface area contributed by atoms with Crippen LogP contribution in [0.15, 0.2) is 12.3 Å². The molecule has 0 atom stereocenters. The van der Waals surface area contributed by atoms with Crippen molar-refractivity contribution in [2.24, 2.45) is 11.8 Å². The minimum atomic E-state index is -2.83. The van der Waals surface area contributed by atoms with E-state index in [9.17, 15) is 8.42 Å². The second kappa shape index (κ2) is 8.57. The van der Waals surface area contributed by atoms with E-state index in [4.69, 9.17) is 4.74 Å². The van der Waals surface area contributed by atoms with Gasteiger partial charge in [-0.3, -0.25) is 4.90 Å². The minimum Gasteiger partial charge on any atom is -0.493 e. The van der Waals surface area contributed by atoms with E-state index in [1.54, 1.807) is 0 Å². The summed E-state index contributed by atoms with van der Waals surface area (Å²) in [6.45, 7) is 6.19. The number of hydrogen-bond donors (Lipinski definition) is 0. The fraction of sp³-hybridized carbons (Fsp3) is 0.762. The third-order valence-corrected chi connectivity index (χ3v) is 7.71. The largest absolute Gasteiger partial charge is 0.493 e. The second-order valence-corrected chi connectivity index (χ2v) is 11.0. The van der Waals surface area contributed by atoms with E-state index in [-0.39, 0.29) is 0 Å². The minimum absolute atomic E-state index is 0.379. The Morgan fingerprint density at radius 3 is 2.54 bits per heavy atom. The Morgan fingerprint density at radius 1 is 1.11 bits per heavy atom. The lowest BCUT2D eigenvalue weighted by Crippen LogP contribution is -2.47. The molecule has 2 aliphatic heterocycles. The molecular formula is C21H33N3O3S. The summed E-state index contributed by atoms with van der Waals surface area (Å²) < 4.78 is 28.6. The van der Waals surface area contributed by atoms with Gasteiger partial charge in [-0.2, -0.15) is 0 Å². The zero-order valence-electron chi connectivity index (χ0n) is 17.0. The van der Waals surface area contributed by atoms with Crippen molar-refractivity contribution in [3.63, 3.8) is 0 Å². The van der Waals surface area contributed by atoms with Gasteiger partial charge in [0.15, 0.2) is 0 Å². The van der Waals surface area contributed by atoms with Gasteiger partial charge in [0.05, 0.1) is 12.4 Å². The van der Waals surface area contributed by atoms with E-state index in [1.807, 2.05) is 12.3 Å². The molecule has 0 bridgehead atoms. The Kier molecular flexibility index (Phi) is 6.11. The average molecular weight is 408 g/mol. The maximum absolute atomic E-state index is 11.5. The second-order valence-electron chi connectivity index (χ2n) is 8.81. The van der Waals surface area contributed by atoms with E-state index in [0.29, 0.717) is 11.7 Å². The quantitative estimate of drug-likeness (QED) is 0.722. The molecule has 28 heavy (non-hydrogen) atoms. The predicted molar refractivity (Wildman–Crippen MR) is 112 cm³/mol. The number of aromatic nitrogens is 1. The maximum atomic E-state index is 11.5. The van der Waals surface area contributed by atoms with Crippen molar-refractivity contribution >= 4 is 15.7 Å². The van der Waals surface area contributed by atoms with Gasteiger partial charge >= 0.3 is 0 Å². The highest BCUT2D eigenvalue weighted by Crippen LogP contribution is 2.33. The Balaban J connectivity index is 1.19. The number of ether oxygens (including phenoxy) is 1. The molecule has 0 N–H and O–H groups in total. The summed E-state index contributed by atoms with van der Waals surface area (Å²) in [5.41, 5.74) is 1.28. The van der Waals surface area contributed by atoms with Gasteiger partial charge in [-0.05, 0) is 43.7 Å². The van der Waals surface area contributed by atoms with Crippen LogP contribution in [0.1, 0.15) is 37.7 Å². The molecule has 1 saturated carbocycles. The SMILES string of the molecule is CS(=O)(=O)CC1CCC(CCN2CCN(c3nccc4c3CCO4)CC2)CC1. The highest BCUT2D eigenvalue weighted by Gasteiger charge is 2.26. The summed E-state index contributed by atoms with van der Waals surface area (Å²) >= 11 is 0. The van der Waals surface area contributed by atoms with Gasteiger partial charge in [0, 0.05) is 50.6 Å². The maximum Gasteiger partial charge on any atom is 0.147 e. The first-order chi connectivity index (χ1) is 13.5. The predicted octanol–water partition coefficient (Wildman–Crippen LogP) is 2.38. The monoisotopic (exact) mass is 407 g/mol. The van der Waals surface area contributed by atoms with Gasteiger partial charge in [0.1, 0.15) is 21.4 Å². The average Bonchev–Trinajstić information content (AvgIpc) is 3.16. The van der Waals surface area contributed by atoms with Crippen molar-refractivity contribution in [2.75, 3.05) is 56.2 Å². The molecule has 2 fully saturated rings. The van der Waals surface area contributed by atoms with Crippen molar-refractivity contribution in [1.82, 2.24) is 9.88 Å². The molecule has 6 nitrogen and oxygen atoms in total. The van der Waals surface area contributed by atoms with Crippen molar-refractivity contribution in [3.8, 4) is 5.75 Å². The standard InChI is InChI=1S/C21H33N3O3S/c1-28(25,26)16-18-4-2-17(3-5-18)7-10-23-11-13-24(14-12-23)21-19-8-15-27-20(19)6-9-22-21/h6,9,17-18H,2-5,7-8,10-16H2,1H3. The molecule has 0 radical (unpaired) electrons. The molecule has 7 heteroatoms. The highest BCUT2D eigenvalue weighted by molar-refractivity contribution is 7.90. The molecule has 156 valence electrons. The van der Waals surface area contributed by atoms with Crippen LogP contribution in [-0.4, -0.2) is 69.6 Å². The Labute approximate surface area is 169 Å². The molecule has 4 rings (SSSR count). The summed E-state index contributed by atoms with van der Waals surface area (Å²) in [4.78, 5) is 9.63. The van der Waals surface area contributed by atoms with Gasteiger partial charge in [-0.25, -0.2) is 13.4 Å². The molecule has 0 unspecified atom stereocenters. The smallest absolute Gasteiger partial charge is 0.147 e. The molecule has 0 aromatic carbocycles. The number of anilines is 1. The Bertz CT molecular complexity index is 767. The number of nitrogens with zero attached hydrogens (tertiary/aromatic N) is 3. The fourth-order valence-corrected chi connectivity index (χ4v) is 6.22. The highest BCUT2D eigenvalue weighted by atomic mass is 32.2. The van der Waals surface area contributed by atoms with Gasteiger partial charge in [0.2, 0.25) is 0 Å². The zero-order chi connectivity index (χ0) is 19.6. The van der Waals surface area contributed by atoms with Crippen LogP contribution in [0.5, 0.6) is 5.75 Å². The molecule has 1 aliphatic carbocycles. The van der Waals surface area contributed by atoms with Gasteiger partial charge < -0.3 is 9.64 Å². The molecule has 0 amide bonds. The number of fused-ring (bicyclic) bond motifs is 1. The summed E-state index contributed by atoms with van der Waals surface area (Å²) in [5, 5.41) is 0. The van der Waals surface area contributed by atoms with Crippen molar-refractivity contribution in [2.45, 2.75) is 38.5 Å². The van der Waals surface area contributed by atoms with Crippen LogP contribution >= 0.6 is 0 Å². The summed E-state index contributed by atoms with van der Waals surface area (Å²) in [6, 6.07) is 1.98. The normalized spacial score (nSPS) is 26.1. The molecule has 1 aromatic rings. The third-order valence-electron chi connectivity index (χ3n) is 6.63. The number of hydrogen-bond acceptors (Lipinski definition) is 6. The zero-order valence-corrected chi connectivity index (χ0v) is 17.8. The Morgan fingerprint density at radius 2 is 1.82 bits per heavy atom. The lowest BCUT2D eigenvalue weighted by Gasteiger charge is -2.37. The van der Waals surface area contributed by atoms with Crippen molar-refractivity contribution in [3.05, 3.63) is 17.8 Å². The van der Waals surface area contributed by atoms with Crippen LogP contribution in [-0.2, 0) is 16.3 Å². The van der Waals surface area contributed by atoms with Crippen molar-refractivity contribution < 1.29 is 13.2 Å². The van der Waals surface area contributed by atoms with Crippen LogP contribution in [0.3, 0.4) is 0 Å². The first-order valence-corrected chi connectivity index (χ1v) is 12.8. The van der Waals surface area contributed by atoms with Gasteiger partial charge in [-0.15, -0.1) is 0 Å². The molecule has 1 aromatic heterocycles. The van der Waals surface area contributed by atoms with Gasteiger partial charge in [-0.1, -0.05) is 12.8 Å². The van der Waals surface area contributed by atoms with Crippen LogP contribution < -0.4 is 9.64 Å². The lowest BCUT2D eigenvalue weighted by atomic mass is 9.81. The molecule has 3 aliphatic rings. The molecule has 1 saturated heterocycles. The number of pyridine rings is 1. The fourth-order valence-electron chi connectivity index (χ4n) is 5.03. The van der Waals surface area contributed by atoms with E-state index in [0.717, 1.165) is 69.5 Å². The van der Waals surface area contributed by atoms with Crippen molar-refractivity contribution in [1.29, 1.82) is 0 Å². The first-order valence-electron chi connectivity index (χ1n) is 10.7. The lowest BCUT2D eigenvalue weighted by molar-refractivity contribution is 0.208. The van der Waals surface area contributed by atoms with Crippen LogP contribution in [0, 0.1) is 11.8 Å². The van der Waals surface area contributed by atoms with E-state index < -0.39 is 9.84 Å². The molecule has 3 heterocycles. The van der Waals surface area contributed by atoms with Crippen LogP contribution in [0.2, 0.25) is 0 Å². The summed E-state index contributed by atoms with van der Waals surface area (Å²) in [6.07, 6.45) is 10.0.